The molecule has 1 aromatic carbocycles. The van der Waals surface area contributed by atoms with E-state index in [0.717, 1.165) is 19.3 Å². The molecule has 4 nitrogen and oxygen atoms in total. The van der Waals surface area contributed by atoms with Gasteiger partial charge in [-0.3, -0.25) is 4.79 Å². The van der Waals surface area contributed by atoms with Gasteiger partial charge in [0.15, 0.2) is 6.61 Å². The van der Waals surface area contributed by atoms with Crippen molar-refractivity contribution in [3.8, 4) is 5.75 Å². The Morgan fingerprint density at radius 3 is 2.53 bits per heavy atom. The second-order valence-electron chi connectivity index (χ2n) is 5.76. The zero-order valence-electron chi connectivity index (χ0n) is 10.5. The van der Waals surface area contributed by atoms with Crippen LogP contribution in [0.3, 0.4) is 0 Å². The van der Waals surface area contributed by atoms with E-state index in [1.54, 1.807) is 24.3 Å². The number of nitrogens with one attached hydrogen (secondary N) is 1. The minimum atomic E-state index is -0.110. The van der Waals surface area contributed by atoms with E-state index in [4.69, 9.17) is 21.4 Å². The lowest BCUT2D eigenvalue weighted by molar-refractivity contribution is -0.183. The predicted octanol–water partition coefficient (Wildman–Crippen LogP) is 1.75. The van der Waals surface area contributed by atoms with Gasteiger partial charge in [0.25, 0.3) is 5.91 Å². The molecule has 19 heavy (non-hydrogen) atoms. The molecule has 0 radical (unpaired) electrons. The van der Waals surface area contributed by atoms with E-state index in [2.05, 4.69) is 5.32 Å². The molecule has 1 aromatic rings. The Morgan fingerprint density at radius 1 is 1.32 bits per heavy atom. The van der Waals surface area contributed by atoms with E-state index in [1.807, 2.05) is 0 Å². The van der Waals surface area contributed by atoms with Crippen molar-refractivity contribution in [1.29, 1.82) is 0 Å². The van der Waals surface area contributed by atoms with Gasteiger partial charge in [0.1, 0.15) is 5.75 Å². The summed E-state index contributed by atoms with van der Waals surface area (Å²) in [5.74, 6) is 0.519. The topological polar surface area (TPSA) is 58.6 Å². The molecular weight excluding hydrogens is 266 g/mol. The molecule has 2 bridgehead atoms. The summed E-state index contributed by atoms with van der Waals surface area (Å²) >= 11 is 5.76. The van der Waals surface area contributed by atoms with E-state index in [-0.39, 0.29) is 30.1 Å². The Bertz CT molecular complexity index is 480. The van der Waals surface area contributed by atoms with Crippen molar-refractivity contribution >= 4 is 17.5 Å². The van der Waals surface area contributed by atoms with Crippen molar-refractivity contribution in [2.24, 2.45) is 5.41 Å². The maximum absolute atomic E-state index is 11.8. The SMILES string of the molecule is O=C(COc1ccc(Cl)cc1)NC12CC(CO)(C1)C2. The highest BCUT2D eigenvalue weighted by molar-refractivity contribution is 6.30. The van der Waals surface area contributed by atoms with Gasteiger partial charge in [-0.1, -0.05) is 11.6 Å². The summed E-state index contributed by atoms with van der Waals surface area (Å²) in [6.45, 7) is 0.238. The minimum Gasteiger partial charge on any atom is -0.484 e. The third kappa shape index (κ3) is 2.30. The Labute approximate surface area is 116 Å². The highest BCUT2D eigenvalue weighted by Crippen LogP contribution is 2.66. The van der Waals surface area contributed by atoms with Gasteiger partial charge in [-0.25, -0.2) is 0 Å². The van der Waals surface area contributed by atoms with Crippen molar-refractivity contribution in [2.75, 3.05) is 13.2 Å². The number of aliphatic hydroxyl groups is 1. The van der Waals surface area contributed by atoms with Gasteiger partial charge in [0.05, 0.1) is 0 Å². The van der Waals surface area contributed by atoms with Crippen molar-refractivity contribution in [1.82, 2.24) is 5.32 Å². The number of carbonyl (C=O) groups excluding carboxylic acids is 1. The molecular formula is C14H16ClNO3. The fourth-order valence-corrected chi connectivity index (χ4v) is 3.44. The molecule has 0 atom stereocenters. The number of carbonyl (C=O) groups is 1. The van der Waals surface area contributed by atoms with Crippen LogP contribution in [0, 0.1) is 5.41 Å². The van der Waals surface area contributed by atoms with Crippen LogP contribution in [-0.4, -0.2) is 29.8 Å². The number of ether oxygens (including phenoxy) is 1. The van der Waals surface area contributed by atoms with Crippen LogP contribution >= 0.6 is 11.6 Å². The van der Waals surface area contributed by atoms with Crippen LogP contribution in [0.15, 0.2) is 24.3 Å². The molecule has 0 aromatic heterocycles. The highest BCUT2D eigenvalue weighted by Gasteiger charge is 2.68. The van der Waals surface area contributed by atoms with E-state index >= 15 is 0 Å². The third-order valence-corrected chi connectivity index (χ3v) is 4.32. The molecule has 3 aliphatic rings. The van der Waals surface area contributed by atoms with Crippen molar-refractivity contribution < 1.29 is 14.6 Å². The van der Waals surface area contributed by atoms with Crippen LogP contribution in [-0.2, 0) is 4.79 Å². The minimum absolute atomic E-state index is 0.00943. The van der Waals surface area contributed by atoms with Gasteiger partial charge < -0.3 is 15.2 Å². The Kier molecular flexibility index (Phi) is 2.95. The van der Waals surface area contributed by atoms with Crippen LogP contribution in [0.25, 0.3) is 0 Å². The summed E-state index contributed by atoms with van der Waals surface area (Å²) in [6, 6.07) is 6.91. The zero-order chi connectivity index (χ0) is 13.5. The predicted molar refractivity (Wildman–Crippen MR) is 71.2 cm³/mol. The summed E-state index contributed by atoms with van der Waals surface area (Å²) in [5, 5.41) is 12.8. The monoisotopic (exact) mass is 281 g/mol. The molecule has 1 amide bonds. The average molecular weight is 282 g/mol. The Balaban J connectivity index is 1.44. The molecule has 0 heterocycles. The fourth-order valence-electron chi connectivity index (χ4n) is 3.31. The first kappa shape index (κ1) is 12.8. The van der Waals surface area contributed by atoms with Gasteiger partial charge in [-0.05, 0) is 43.5 Å². The molecule has 2 N–H and O–H groups in total. The van der Waals surface area contributed by atoms with Crippen LogP contribution in [0.5, 0.6) is 5.75 Å². The molecule has 4 rings (SSSR count). The molecule has 0 saturated heterocycles. The molecule has 3 aliphatic carbocycles. The Hall–Kier alpha value is -1.26. The number of halogens is 1. The van der Waals surface area contributed by atoms with Gasteiger partial charge in [0, 0.05) is 22.6 Å². The van der Waals surface area contributed by atoms with Crippen molar-refractivity contribution in [3.63, 3.8) is 0 Å². The molecule has 0 unspecified atom stereocenters. The number of benzene rings is 1. The maximum atomic E-state index is 11.8. The molecule has 102 valence electrons. The quantitative estimate of drug-likeness (QED) is 0.864. The number of hydrogen-bond acceptors (Lipinski definition) is 3. The summed E-state index contributed by atoms with van der Waals surface area (Å²) in [6.07, 6.45) is 2.68. The van der Waals surface area contributed by atoms with E-state index < -0.39 is 0 Å². The van der Waals surface area contributed by atoms with Crippen LogP contribution in [0.4, 0.5) is 0 Å². The molecule has 0 spiro atoms. The van der Waals surface area contributed by atoms with Crippen LogP contribution in [0.2, 0.25) is 5.02 Å². The molecule has 3 saturated carbocycles. The maximum Gasteiger partial charge on any atom is 0.258 e. The second-order valence-corrected chi connectivity index (χ2v) is 6.20. The van der Waals surface area contributed by atoms with Crippen LogP contribution < -0.4 is 10.1 Å². The second kappa shape index (κ2) is 4.39. The standard InChI is InChI=1S/C14H16ClNO3/c15-10-1-3-11(4-2-10)19-5-12(18)16-14-6-13(7-14,8-14)9-17/h1-4,17H,5-9H2,(H,16,18). The average Bonchev–Trinajstić information content (AvgIpc) is 2.31. The lowest BCUT2D eigenvalue weighted by atomic mass is 9.39. The number of aliphatic hydroxyl groups excluding tert-OH is 1. The van der Waals surface area contributed by atoms with E-state index in [0.29, 0.717) is 10.8 Å². The van der Waals surface area contributed by atoms with Crippen molar-refractivity contribution in [2.45, 2.75) is 24.8 Å². The first-order valence-corrected chi connectivity index (χ1v) is 6.73. The number of hydrogen-bond donors (Lipinski definition) is 2. The van der Waals surface area contributed by atoms with Gasteiger partial charge in [-0.2, -0.15) is 0 Å². The fraction of sp³-hybridized carbons (Fsp3) is 0.500. The smallest absolute Gasteiger partial charge is 0.258 e. The first-order valence-electron chi connectivity index (χ1n) is 6.35. The largest absolute Gasteiger partial charge is 0.484 e. The van der Waals surface area contributed by atoms with Crippen molar-refractivity contribution in [3.05, 3.63) is 29.3 Å². The van der Waals surface area contributed by atoms with Gasteiger partial charge >= 0.3 is 0 Å². The Morgan fingerprint density at radius 2 is 1.95 bits per heavy atom. The highest BCUT2D eigenvalue weighted by atomic mass is 35.5. The third-order valence-electron chi connectivity index (χ3n) is 4.06. The van der Waals surface area contributed by atoms with Gasteiger partial charge in [-0.15, -0.1) is 0 Å². The zero-order valence-corrected chi connectivity index (χ0v) is 11.2. The number of rotatable bonds is 5. The van der Waals surface area contributed by atoms with Crippen LogP contribution in [0.1, 0.15) is 19.3 Å². The van der Waals surface area contributed by atoms with Gasteiger partial charge in [0.2, 0.25) is 0 Å². The summed E-state index contributed by atoms with van der Waals surface area (Å²) in [7, 11) is 0. The molecule has 0 aliphatic heterocycles. The number of amides is 1. The summed E-state index contributed by atoms with van der Waals surface area (Å²) in [4.78, 5) is 11.8. The van der Waals surface area contributed by atoms with E-state index in [1.165, 1.54) is 0 Å². The normalized spacial score (nSPS) is 31.1. The molecule has 5 heteroatoms. The first-order chi connectivity index (χ1) is 9.05. The molecule has 3 fully saturated rings. The lowest BCUT2D eigenvalue weighted by Gasteiger charge is -2.70. The summed E-state index contributed by atoms with van der Waals surface area (Å²) < 4.78 is 5.39. The lowest BCUT2D eigenvalue weighted by Crippen LogP contribution is -2.76. The summed E-state index contributed by atoms with van der Waals surface area (Å²) in [5.41, 5.74) is 0.0352. The van der Waals surface area contributed by atoms with E-state index in [9.17, 15) is 4.79 Å².